The fraction of sp³-hybridized carbons (Fsp3) is 0.500. The first-order chi connectivity index (χ1) is 7.59. The van der Waals surface area contributed by atoms with Gasteiger partial charge in [0.15, 0.2) is 5.75 Å². The minimum Gasteiger partial charge on any atom is -0.483 e. The smallest absolute Gasteiger partial charge is 0.314 e. The molecule has 2 rings (SSSR count). The third-order valence-corrected chi connectivity index (χ3v) is 2.65. The number of ether oxygens (including phenoxy) is 1. The number of nitrogens with zero attached hydrogens (tertiary/aromatic N) is 1. The summed E-state index contributed by atoms with van der Waals surface area (Å²) in [6.07, 6.45) is 2.19. The summed E-state index contributed by atoms with van der Waals surface area (Å²) >= 11 is 0. The molecule has 0 heterocycles. The SMILES string of the molecule is CC(C)c1cccc(OC2CC2)c1[N+](=O)[O-]. The van der Waals surface area contributed by atoms with E-state index >= 15 is 0 Å². The number of hydrogen-bond donors (Lipinski definition) is 0. The number of nitro benzene ring substituents is 1. The second-order valence-electron chi connectivity index (χ2n) is 4.42. The van der Waals surface area contributed by atoms with Crippen molar-refractivity contribution < 1.29 is 9.66 Å². The topological polar surface area (TPSA) is 52.4 Å². The maximum Gasteiger partial charge on any atom is 0.314 e. The summed E-state index contributed by atoms with van der Waals surface area (Å²) in [4.78, 5) is 10.7. The molecule has 1 saturated carbocycles. The molecule has 0 atom stereocenters. The van der Waals surface area contributed by atoms with Crippen LogP contribution >= 0.6 is 0 Å². The van der Waals surface area contributed by atoms with Crippen LogP contribution in [0.15, 0.2) is 18.2 Å². The quantitative estimate of drug-likeness (QED) is 0.579. The van der Waals surface area contributed by atoms with Gasteiger partial charge in [-0.05, 0) is 24.8 Å². The van der Waals surface area contributed by atoms with Crippen LogP contribution in [0.4, 0.5) is 5.69 Å². The predicted octanol–water partition coefficient (Wildman–Crippen LogP) is 3.26. The molecular formula is C12H15NO3. The Bertz CT molecular complexity index is 411. The molecule has 1 aliphatic rings. The van der Waals surface area contributed by atoms with E-state index < -0.39 is 0 Å². The Morgan fingerprint density at radius 2 is 2.12 bits per heavy atom. The Morgan fingerprint density at radius 1 is 1.44 bits per heavy atom. The van der Waals surface area contributed by atoms with Gasteiger partial charge in [-0.2, -0.15) is 0 Å². The maximum absolute atomic E-state index is 11.1. The fourth-order valence-electron chi connectivity index (χ4n) is 1.66. The van der Waals surface area contributed by atoms with Crippen molar-refractivity contribution in [2.75, 3.05) is 0 Å². The summed E-state index contributed by atoms with van der Waals surface area (Å²) in [6.45, 7) is 3.90. The van der Waals surface area contributed by atoms with Gasteiger partial charge in [-0.25, -0.2) is 0 Å². The first kappa shape index (κ1) is 10.9. The van der Waals surface area contributed by atoms with Gasteiger partial charge in [0, 0.05) is 5.56 Å². The van der Waals surface area contributed by atoms with Gasteiger partial charge in [0.1, 0.15) is 0 Å². The molecule has 0 bridgehead atoms. The standard InChI is InChI=1S/C12H15NO3/c1-8(2)10-4-3-5-11(12(10)13(14)15)16-9-6-7-9/h3-5,8-9H,6-7H2,1-2H3. The molecule has 0 radical (unpaired) electrons. The van der Waals surface area contributed by atoms with Crippen molar-refractivity contribution in [2.24, 2.45) is 0 Å². The average Bonchev–Trinajstić information content (AvgIpc) is 3.00. The van der Waals surface area contributed by atoms with Crippen molar-refractivity contribution in [3.63, 3.8) is 0 Å². The van der Waals surface area contributed by atoms with Crippen LogP contribution in [0.3, 0.4) is 0 Å². The highest BCUT2D eigenvalue weighted by molar-refractivity contribution is 5.54. The molecule has 0 aromatic heterocycles. The van der Waals surface area contributed by atoms with Gasteiger partial charge in [-0.3, -0.25) is 10.1 Å². The van der Waals surface area contributed by atoms with E-state index in [1.165, 1.54) is 0 Å². The minimum absolute atomic E-state index is 0.128. The molecule has 0 spiro atoms. The van der Waals surface area contributed by atoms with Crippen LogP contribution in [0.1, 0.15) is 38.2 Å². The highest BCUT2D eigenvalue weighted by atomic mass is 16.6. The monoisotopic (exact) mass is 221 g/mol. The van der Waals surface area contributed by atoms with E-state index in [1.54, 1.807) is 12.1 Å². The van der Waals surface area contributed by atoms with E-state index in [9.17, 15) is 10.1 Å². The van der Waals surface area contributed by atoms with Gasteiger partial charge >= 0.3 is 5.69 Å². The number of nitro groups is 1. The summed E-state index contributed by atoms with van der Waals surface area (Å²) < 4.78 is 5.57. The molecule has 0 unspecified atom stereocenters. The van der Waals surface area contributed by atoms with Crippen molar-refractivity contribution in [3.8, 4) is 5.75 Å². The molecule has 0 N–H and O–H groups in total. The van der Waals surface area contributed by atoms with Gasteiger partial charge in [0.2, 0.25) is 0 Å². The zero-order valence-electron chi connectivity index (χ0n) is 9.47. The van der Waals surface area contributed by atoms with Gasteiger partial charge in [-0.15, -0.1) is 0 Å². The molecule has 1 aromatic carbocycles. The second-order valence-corrected chi connectivity index (χ2v) is 4.42. The van der Waals surface area contributed by atoms with Crippen LogP contribution < -0.4 is 4.74 Å². The summed E-state index contributed by atoms with van der Waals surface area (Å²) in [7, 11) is 0. The van der Waals surface area contributed by atoms with E-state index in [2.05, 4.69) is 0 Å². The lowest BCUT2D eigenvalue weighted by Crippen LogP contribution is -2.03. The third-order valence-electron chi connectivity index (χ3n) is 2.65. The van der Waals surface area contributed by atoms with Crippen LogP contribution in [-0.4, -0.2) is 11.0 Å². The molecule has 0 saturated heterocycles. The van der Waals surface area contributed by atoms with Crippen LogP contribution in [0, 0.1) is 10.1 Å². The Morgan fingerprint density at radius 3 is 2.62 bits per heavy atom. The minimum atomic E-state index is -0.340. The van der Waals surface area contributed by atoms with Crippen molar-refractivity contribution >= 4 is 5.69 Å². The number of benzene rings is 1. The molecule has 4 heteroatoms. The van der Waals surface area contributed by atoms with Crippen molar-refractivity contribution in [1.82, 2.24) is 0 Å². The fourth-order valence-corrected chi connectivity index (χ4v) is 1.66. The lowest BCUT2D eigenvalue weighted by molar-refractivity contribution is -0.386. The maximum atomic E-state index is 11.1. The number of hydrogen-bond acceptors (Lipinski definition) is 3. The molecule has 0 aliphatic heterocycles. The molecule has 4 nitrogen and oxygen atoms in total. The van der Waals surface area contributed by atoms with Gasteiger partial charge in [0.25, 0.3) is 0 Å². The zero-order chi connectivity index (χ0) is 11.7. The van der Waals surface area contributed by atoms with Crippen molar-refractivity contribution in [1.29, 1.82) is 0 Å². The average molecular weight is 221 g/mol. The molecule has 1 aliphatic carbocycles. The Hall–Kier alpha value is -1.58. The highest BCUT2D eigenvalue weighted by Gasteiger charge is 2.29. The molecule has 16 heavy (non-hydrogen) atoms. The van der Waals surface area contributed by atoms with E-state index in [0.717, 1.165) is 18.4 Å². The lowest BCUT2D eigenvalue weighted by atomic mass is 10.0. The van der Waals surface area contributed by atoms with Gasteiger partial charge < -0.3 is 4.74 Å². The zero-order valence-corrected chi connectivity index (χ0v) is 9.47. The molecule has 0 amide bonds. The highest BCUT2D eigenvalue weighted by Crippen LogP contribution is 2.38. The predicted molar refractivity (Wildman–Crippen MR) is 60.8 cm³/mol. The van der Waals surface area contributed by atoms with Crippen molar-refractivity contribution in [2.45, 2.75) is 38.7 Å². The first-order valence-electron chi connectivity index (χ1n) is 5.53. The van der Waals surface area contributed by atoms with E-state index in [1.807, 2.05) is 19.9 Å². The lowest BCUT2D eigenvalue weighted by Gasteiger charge is -2.10. The van der Waals surface area contributed by atoms with Crippen molar-refractivity contribution in [3.05, 3.63) is 33.9 Å². The van der Waals surface area contributed by atoms with E-state index in [0.29, 0.717) is 5.75 Å². The Labute approximate surface area is 94.4 Å². The van der Waals surface area contributed by atoms with Crippen LogP contribution in [-0.2, 0) is 0 Å². The Kier molecular flexibility index (Phi) is 2.81. The second kappa shape index (κ2) is 4.12. The first-order valence-corrected chi connectivity index (χ1v) is 5.53. The van der Waals surface area contributed by atoms with E-state index in [-0.39, 0.29) is 22.6 Å². The van der Waals surface area contributed by atoms with Gasteiger partial charge in [-0.1, -0.05) is 26.0 Å². The summed E-state index contributed by atoms with van der Waals surface area (Å²) in [6, 6.07) is 5.30. The molecule has 1 fully saturated rings. The summed E-state index contributed by atoms with van der Waals surface area (Å²) in [5, 5.41) is 11.1. The van der Waals surface area contributed by atoms with Crippen LogP contribution in [0.25, 0.3) is 0 Å². The summed E-state index contributed by atoms with van der Waals surface area (Å²) in [5.41, 5.74) is 0.868. The summed E-state index contributed by atoms with van der Waals surface area (Å²) in [5.74, 6) is 0.543. The van der Waals surface area contributed by atoms with Crippen LogP contribution in [0.5, 0.6) is 5.75 Å². The van der Waals surface area contributed by atoms with Crippen LogP contribution in [0.2, 0.25) is 0 Å². The van der Waals surface area contributed by atoms with E-state index in [4.69, 9.17) is 4.74 Å². The molecule has 1 aromatic rings. The normalized spacial score (nSPS) is 15.2. The third kappa shape index (κ3) is 2.15. The number of para-hydroxylation sites is 1. The molecular weight excluding hydrogens is 206 g/mol. The molecule has 86 valence electrons. The Balaban J connectivity index is 2.41. The van der Waals surface area contributed by atoms with Gasteiger partial charge in [0.05, 0.1) is 11.0 Å². The number of rotatable bonds is 4. The largest absolute Gasteiger partial charge is 0.483 e.